The lowest BCUT2D eigenvalue weighted by atomic mass is 9.90. The number of thioether (sulfide) groups is 1. The van der Waals surface area contributed by atoms with Crippen LogP contribution in [0.25, 0.3) is 0 Å². The topological polar surface area (TPSA) is 107 Å². The lowest BCUT2D eigenvalue weighted by Crippen LogP contribution is -2.51. The molecule has 0 aliphatic heterocycles. The first-order valence-electron chi connectivity index (χ1n) is 7.88. The van der Waals surface area contributed by atoms with Crippen molar-refractivity contribution in [2.75, 3.05) is 0 Å². The minimum Gasteiger partial charge on any atom is -0.337 e. The first-order valence-corrected chi connectivity index (χ1v) is 8.76. The summed E-state index contributed by atoms with van der Waals surface area (Å²) in [6.45, 7) is 10.2. The Balaban J connectivity index is 3.05. The minimum absolute atomic E-state index is 0.0523. The first kappa shape index (κ1) is 20.7. The van der Waals surface area contributed by atoms with Crippen molar-refractivity contribution < 1.29 is 9.59 Å². The number of carbonyl (C=O) groups excluding carboxylic acids is 2. The third-order valence-electron chi connectivity index (χ3n) is 4.11. The van der Waals surface area contributed by atoms with Crippen molar-refractivity contribution in [1.29, 1.82) is 10.5 Å². The summed E-state index contributed by atoms with van der Waals surface area (Å²) in [6.07, 6.45) is 0. The zero-order chi connectivity index (χ0) is 19.4. The molecule has 2 unspecified atom stereocenters. The van der Waals surface area contributed by atoms with Gasteiger partial charge in [0.15, 0.2) is 5.78 Å². The molecule has 7 heteroatoms. The van der Waals surface area contributed by atoms with E-state index in [1.165, 1.54) is 13.0 Å². The maximum absolute atomic E-state index is 12.4. The Bertz CT molecular complexity index is 777. The summed E-state index contributed by atoms with van der Waals surface area (Å²) in [5.41, 5.74) is 0.207. The van der Waals surface area contributed by atoms with E-state index in [0.717, 1.165) is 11.8 Å². The van der Waals surface area contributed by atoms with E-state index >= 15 is 0 Å². The molecule has 1 heterocycles. The lowest BCUT2D eigenvalue weighted by Gasteiger charge is -2.28. The van der Waals surface area contributed by atoms with Gasteiger partial charge in [-0.25, -0.2) is 4.98 Å². The van der Waals surface area contributed by atoms with Gasteiger partial charge in [-0.15, -0.1) is 0 Å². The number of hydrogen-bond acceptors (Lipinski definition) is 6. The summed E-state index contributed by atoms with van der Waals surface area (Å²) in [4.78, 5) is 28.3. The number of nitriles is 2. The van der Waals surface area contributed by atoms with Gasteiger partial charge in [0, 0.05) is 11.3 Å². The predicted octanol–water partition coefficient (Wildman–Crippen LogP) is 3.00. The Hall–Kier alpha value is -2.38. The van der Waals surface area contributed by atoms with Gasteiger partial charge in [-0.3, -0.25) is 9.59 Å². The molecule has 25 heavy (non-hydrogen) atoms. The molecule has 1 aromatic rings. The third kappa shape index (κ3) is 4.80. The number of carbonyl (C=O) groups is 2. The Morgan fingerprint density at radius 3 is 2.36 bits per heavy atom. The fourth-order valence-electron chi connectivity index (χ4n) is 1.99. The van der Waals surface area contributed by atoms with Crippen LogP contribution >= 0.6 is 11.8 Å². The van der Waals surface area contributed by atoms with Crippen molar-refractivity contribution in [3.05, 3.63) is 22.9 Å². The minimum atomic E-state index is -0.966. The molecule has 0 aliphatic rings. The highest BCUT2D eigenvalue weighted by Crippen LogP contribution is 2.27. The highest BCUT2D eigenvalue weighted by Gasteiger charge is 2.32. The quantitative estimate of drug-likeness (QED) is 0.619. The normalized spacial score (nSPS) is 14.1. The maximum atomic E-state index is 12.4. The lowest BCUT2D eigenvalue weighted by molar-refractivity contribution is -0.121. The summed E-state index contributed by atoms with van der Waals surface area (Å²) in [7, 11) is 0. The van der Waals surface area contributed by atoms with Gasteiger partial charge in [0.25, 0.3) is 0 Å². The zero-order valence-corrected chi connectivity index (χ0v) is 16.1. The number of aryl methyl sites for hydroxylation is 1. The van der Waals surface area contributed by atoms with Crippen LogP contribution in [0.15, 0.2) is 11.1 Å². The van der Waals surface area contributed by atoms with E-state index in [9.17, 15) is 20.1 Å². The van der Waals surface area contributed by atoms with Gasteiger partial charge in [-0.05, 0) is 39.7 Å². The Kier molecular flexibility index (Phi) is 6.72. The van der Waals surface area contributed by atoms with Gasteiger partial charge in [0.1, 0.15) is 16.6 Å². The number of pyridine rings is 1. The van der Waals surface area contributed by atoms with Crippen LogP contribution in [0, 0.1) is 35.5 Å². The van der Waals surface area contributed by atoms with E-state index in [4.69, 9.17) is 0 Å². The molecular formula is C18H22N4O2S. The van der Waals surface area contributed by atoms with Crippen LogP contribution in [0.1, 0.15) is 56.2 Å². The molecule has 2 atom stereocenters. The summed E-state index contributed by atoms with van der Waals surface area (Å²) < 4.78 is 0. The molecule has 1 aromatic heterocycles. The smallest absolute Gasteiger partial charge is 0.234 e. The highest BCUT2D eigenvalue weighted by molar-refractivity contribution is 8.00. The Morgan fingerprint density at radius 1 is 1.32 bits per heavy atom. The molecule has 0 aromatic carbocycles. The Morgan fingerprint density at radius 2 is 1.92 bits per heavy atom. The molecule has 0 aliphatic carbocycles. The first-order chi connectivity index (χ1) is 11.6. The van der Waals surface area contributed by atoms with Crippen LogP contribution in [-0.2, 0) is 4.79 Å². The van der Waals surface area contributed by atoms with Crippen molar-refractivity contribution in [2.24, 2.45) is 5.92 Å². The van der Waals surface area contributed by atoms with E-state index in [1.807, 2.05) is 19.9 Å². The van der Waals surface area contributed by atoms with Crippen LogP contribution in [0.3, 0.4) is 0 Å². The molecule has 6 nitrogen and oxygen atoms in total. The van der Waals surface area contributed by atoms with E-state index in [2.05, 4.69) is 16.4 Å². The average Bonchev–Trinajstić information content (AvgIpc) is 2.54. The largest absolute Gasteiger partial charge is 0.337 e. The summed E-state index contributed by atoms with van der Waals surface area (Å²) in [5, 5.41) is 21.2. The van der Waals surface area contributed by atoms with Crippen LogP contribution in [-0.4, -0.2) is 27.5 Å². The SMILES string of the molecule is CC(=O)c1cc(C#N)c(SC(C)C(=O)NC(C)(C#N)C(C)C)nc1C. The molecule has 132 valence electrons. The van der Waals surface area contributed by atoms with Gasteiger partial charge in [-0.2, -0.15) is 10.5 Å². The van der Waals surface area contributed by atoms with Crippen molar-refractivity contribution in [3.8, 4) is 12.1 Å². The molecule has 0 saturated heterocycles. The number of aromatic nitrogens is 1. The Labute approximate surface area is 152 Å². The number of hydrogen-bond donors (Lipinski definition) is 1. The monoisotopic (exact) mass is 358 g/mol. The number of rotatable bonds is 6. The molecule has 0 spiro atoms. The second kappa shape index (κ2) is 8.13. The number of amides is 1. The molecular weight excluding hydrogens is 336 g/mol. The van der Waals surface area contributed by atoms with Gasteiger partial charge in [0.05, 0.1) is 16.9 Å². The maximum Gasteiger partial charge on any atom is 0.234 e. The third-order valence-corrected chi connectivity index (χ3v) is 5.21. The number of ketones is 1. The number of nitrogens with one attached hydrogen (secondary N) is 1. The number of nitrogens with zero attached hydrogens (tertiary/aromatic N) is 3. The van der Waals surface area contributed by atoms with Gasteiger partial charge in [-0.1, -0.05) is 25.6 Å². The molecule has 1 N–H and O–H groups in total. The number of Topliss-reactive ketones (excluding diaryl/α,β-unsaturated/α-hetero) is 1. The van der Waals surface area contributed by atoms with E-state index in [-0.39, 0.29) is 23.2 Å². The van der Waals surface area contributed by atoms with E-state index in [0.29, 0.717) is 16.3 Å². The fraction of sp³-hybridized carbons (Fsp3) is 0.500. The molecule has 0 radical (unpaired) electrons. The van der Waals surface area contributed by atoms with Crippen LogP contribution in [0.2, 0.25) is 0 Å². The molecule has 0 bridgehead atoms. The van der Waals surface area contributed by atoms with Crippen molar-refractivity contribution in [3.63, 3.8) is 0 Å². The summed E-state index contributed by atoms with van der Waals surface area (Å²) in [5.74, 6) is -0.518. The second-order valence-electron chi connectivity index (χ2n) is 6.36. The van der Waals surface area contributed by atoms with Crippen LogP contribution < -0.4 is 5.32 Å². The van der Waals surface area contributed by atoms with E-state index < -0.39 is 10.8 Å². The second-order valence-corrected chi connectivity index (χ2v) is 7.69. The van der Waals surface area contributed by atoms with Crippen molar-refractivity contribution in [1.82, 2.24) is 10.3 Å². The van der Waals surface area contributed by atoms with Crippen LogP contribution in [0.5, 0.6) is 0 Å². The van der Waals surface area contributed by atoms with Crippen molar-refractivity contribution in [2.45, 2.75) is 57.4 Å². The summed E-state index contributed by atoms with van der Waals surface area (Å²) >= 11 is 1.13. The molecule has 1 amide bonds. The predicted molar refractivity (Wildman–Crippen MR) is 96.0 cm³/mol. The average molecular weight is 358 g/mol. The van der Waals surface area contributed by atoms with E-state index in [1.54, 1.807) is 20.8 Å². The van der Waals surface area contributed by atoms with Gasteiger partial charge < -0.3 is 5.32 Å². The van der Waals surface area contributed by atoms with Gasteiger partial charge in [0.2, 0.25) is 5.91 Å². The zero-order valence-electron chi connectivity index (χ0n) is 15.3. The highest BCUT2D eigenvalue weighted by atomic mass is 32.2. The fourth-order valence-corrected chi connectivity index (χ4v) is 2.91. The van der Waals surface area contributed by atoms with Crippen molar-refractivity contribution >= 4 is 23.5 Å². The molecule has 0 fully saturated rings. The summed E-state index contributed by atoms with van der Waals surface area (Å²) in [6, 6.07) is 5.66. The van der Waals surface area contributed by atoms with Crippen LogP contribution in [0.4, 0.5) is 0 Å². The molecule has 0 saturated carbocycles. The standard InChI is InChI=1S/C18H22N4O2S/c1-10(2)18(6,9-20)22-16(24)13(5)25-17-14(8-19)7-15(12(4)23)11(3)21-17/h7,10,13H,1-6H3,(H,22,24). The molecule has 1 rings (SSSR count). The van der Waals surface area contributed by atoms with Gasteiger partial charge >= 0.3 is 0 Å².